The van der Waals surface area contributed by atoms with Gasteiger partial charge in [-0.05, 0) is 19.9 Å². The summed E-state index contributed by atoms with van der Waals surface area (Å²) >= 11 is 0. The minimum Gasteiger partial charge on any atom is -0.392 e. The van der Waals surface area contributed by atoms with Crippen molar-refractivity contribution < 1.29 is 5.11 Å². The van der Waals surface area contributed by atoms with Crippen LogP contribution in [0.5, 0.6) is 0 Å². The topological polar surface area (TPSA) is 32.3 Å². The van der Waals surface area contributed by atoms with E-state index >= 15 is 0 Å². The van der Waals surface area contributed by atoms with E-state index in [0.29, 0.717) is 6.54 Å². The Morgan fingerprint density at radius 1 is 1.78 bits per heavy atom. The van der Waals surface area contributed by atoms with Crippen LogP contribution in [-0.2, 0) is 0 Å². The molecule has 0 amide bonds. The first-order valence-corrected chi connectivity index (χ1v) is 3.24. The van der Waals surface area contributed by atoms with Crippen molar-refractivity contribution >= 4 is 0 Å². The maximum Gasteiger partial charge on any atom is 0.0667 e. The molecular weight excluding hydrogens is 114 g/mol. The predicted molar refractivity (Wildman–Crippen MR) is 39.4 cm³/mol. The molecule has 54 valence electrons. The number of hydrogen-bond acceptors (Lipinski definition) is 2. The minimum absolute atomic E-state index is 0.215. The summed E-state index contributed by atoms with van der Waals surface area (Å²) < 4.78 is 0. The Hall–Kier alpha value is -0.340. The molecule has 0 saturated heterocycles. The van der Waals surface area contributed by atoms with Crippen molar-refractivity contribution in [1.82, 2.24) is 5.32 Å². The van der Waals surface area contributed by atoms with E-state index < -0.39 is 0 Å². The summed E-state index contributed by atoms with van der Waals surface area (Å²) in [7, 11) is 1.83. The largest absolute Gasteiger partial charge is 0.392 e. The molecule has 0 saturated carbocycles. The molecule has 1 atom stereocenters. The lowest BCUT2D eigenvalue weighted by molar-refractivity contribution is 0.165. The van der Waals surface area contributed by atoms with Gasteiger partial charge in [0.25, 0.3) is 0 Å². The molecule has 0 radical (unpaired) electrons. The van der Waals surface area contributed by atoms with E-state index in [2.05, 4.69) is 11.9 Å². The maximum atomic E-state index is 9.07. The van der Waals surface area contributed by atoms with Gasteiger partial charge in [-0.2, -0.15) is 0 Å². The first-order valence-electron chi connectivity index (χ1n) is 3.24. The Balaban J connectivity index is 3.04. The van der Waals surface area contributed by atoms with Crippen molar-refractivity contribution in [2.24, 2.45) is 0 Å². The van der Waals surface area contributed by atoms with Gasteiger partial charge < -0.3 is 10.4 Å². The number of aliphatic hydroxyl groups excluding tert-OH is 1. The van der Waals surface area contributed by atoms with Gasteiger partial charge in [0.15, 0.2) is 0 Å². The Bertz CT molecular complexity index is 73.3. The Kier molecular flexibility index (Phi) is 5.57. The monoisotopic (exact) mass is 129 g/mol. The van der Waals surface area contributed by atoms with Gasteiger partial charge in [-0.15, -0.1) is 6.58 Å². The third-order valence-corrected chi connectivity index (χ3v) is 1.14. The van der Waals surface area contributed by atoms with Gasteiger partial charge in [0.2, 0.25) is 0 Å². The lowest BCUT2D eigenvalue weighted by Gasteiger charge is -2.06. The molecule has 2 N–H and O–H groups in total. The fourth-order valence-electron chi connectivity index (χ4n) is 0.648. The molecule has 0 heterocycles. The summed E-state index contributed by atoms with van der Waals surface area (Å²) in [6, 6.07) is 0. The van der Waals surface area contributed by atoms with Crippen molar-refractivity contribution in [2.75, 3.05) is 13.6 Å². The van der Waals surface area contributed by atoms with E-state index in [-0.39, 0.29) is 6.10 Å². The smallest absolute Gasteiger partial charge is 0.0667 e. The molecular formula is C7H15NO. The minimum atomic E-state index is -0.215. The standard InChI is InChI=1S/C7H15NO/c1-3-4-5-7(9)6-8-2/h3,7-9H,1,4-6H2,2H3. The summed E-state index contributed by atoms with van der Waals surface area (Å²) in [4.78, 5) is 0. The van der Waals surface area contributed by atoms with Crippen LogP contribution in [0, 0.1) is 0 Å². The van der Waals surface area contributed by atoms with Crippen LogP contribution in [0.25, 0.3) is 0 Å². The van der Waals surface area contributed by atoms with Crippen LogP contribution >= 0.6 is 0 Å². The van der Waals surface area contributed by atoms with E-state index in [0.717, 1.165) is 12.8 Å². The van der Waals surface area contributed by atoms with E-state index in [4.69, 9.17) is 5.11 Å². The molecule has 1 unspecified atom stereocenters. The van der Waals surface area contributed by atoms with Gasteiger partial charge in [-0.3, -0.25) is 0 Å². The first kappa shape index (κ1) is 8.66. The van der Waals surface area contributed by atoms with Crippen LogP contribution in [0.1, 0.15) is 12.8 Å². The highest BCUT2D eigenvalue weighted by molar-refractivity contribution is 4.69. The van der Waals surface area contributed by atoms with Crippen LogP contribution in [0.4, 0.5) is 0 Å². The van der Waals surface area contributed by atoms with E-state index in [9.17, 15) is 0 Å². The van der Waals surface area contributed by atoms with E-state index in [1.807, 2.05) is 13.1 Å². The zero-order valence-electron chi connectivity index (χ0n) is 5.93. The number of nitrogens with one attached hydrogen (secondary N) is 1. The highest BCUT2D eigenvalue weighted by Crippen LogP contribution is 1.94. The quantitative estimate of drug-likeness (QED) is 0.531. The van der Waals surface area contributed by atoms with Gasteiger partial charge >= 0.3 is 0 Å². The predicted octanol–water partition coefficient (Wildman–Crippen LogP) is 0.533. The third-order valence-electron chi connectivity index (χ3n) is 1.14. The lowest BCUT2D eigenvalue weighted by Crippen LogP contribution is -2.22. The van der Waals surface area contributed by atoms with Gasteiger partial charge in [0, 0.05) is 6.54 Å². The van der Waals surface area contributed by atoms with Gasteiger partial charge in [-0.25, -0.2) is 0 Å². The fourth-order valence-corrected chi connectivity index (χ4v) is 0.648. The summed E-state index contributed by atoms with van der Waals surface area (Å²) in [5.41, 5.74) is 0. The van der Waals surface area contributed by atoms with Crippen LogP contribution in [-0.4, -0.2) is 24.8 Å². The van der Waals surface area contributed by atoms with Gasteiger partial charge in [0.1, 0.15) is 0 Å². The maximum absolute atomic E-state index is 9.07. The van der Waals surface area contributed by atoms with Crippen molar-refractivity contribution in [3.8, 4) is 0 Å². The van der Waals surface area contributed by atoms with Crippen molar-refractivity contribution in [3.05, 3.63) is 12.7 Å². The first-order chi connectivity index (χ1) is 4.31. The molecule has 0 fully saturated rings. The Morgan fingerprint density at radius 2 is 2.44 bits per heavy atom. The average Bonchev–Trinajstić information content (AvgIpc) is 1.85. The molecule has 0 aliphatic carbocycles. The van der Waals surface area contributed by atoms with Crippen LogP contribution < -0.4 is 5.32 Å². The van der Waals surface area contributed by atoms with Crippen LogP contribution in [0.3, 0.4) is 0 Å². The second-order valence-corrected chi connectivity index (χ2v) is 2.08. The third kappa shape index (κ3) is 5.53. The summed E-state index contributed by atoms with van der Waals surface area (Å²) in [5, 5.41) is 12.0. The lowest BCUT2D eigenvalue weighted by atomic mass is 10.2. The molecule has 2 nitrogen and oxygen atoms in total. The molecule has 0 aromatic heterocycles. The number of hydrogen-bond donors (Lipinski definition) is 2. The van der Waals surface area contributed by atoms with Gasteiger partial charge in [-0.1, -0.05) is 6.08 Å². The van der Waals surface area contributed by atoms with E-state index in [1.54, 1.807) is 0 Å². The molecule has 0 spiro atoms. The van der Waals surface area contributed by atoms with Crippen LogP contribution in [0.15, 0.2) is 12.7 Å². The zero-order chi connectivity index (χ0) is 7.11. The fraction of sp³-hybridized carbons (Fsp3) is 0.714. The number of rotatable bonds is 5. The molecule has 2 heteroatoms. The highest BCUT2D eigenvalue weighted by atomic mass is 16.3. The van der Waals surface area contributed by atoms with Crippen molar-refractivity contribution in [3.63, 3.8) is 0 Å². The number of allylic oxidation sites excluding steroid dienone is 1. The Morgan fingerprint density at radius 3 is 2.89 bits per heavy atom. The second-order valence-electron chi connectivity index (χ2n) is 2.08. The van der Waals surface area contributed by atoms with Crippen LogP contribution in [0.2, 0.25) is 0 Å². The Labute approximate surface area is 56.6 Å². The molecule has 0 aromatic carbocycles. The summed E-state index contributed by atoms with van der Waals surface area (Å²) in [6.07, 6.45) is 3.31. The number of likely N-dealkylation sites (N-methyl/N-ethyl adjacent to an activating group) is 1. The molecule has 0 aliphatic rings. The molecule has 0 bridgehead atoms. The molecule has 9 heavy (non-hydrogen) atoms. The van der Waals surface area contributed by atoms with Crippen molar-refractivity contribution in [1.29, 1.82) is 0 Å². The zero-order valence-corrected chi connectivity index (χ0v) is 5.93. The average molecular weight is 129 g/mol. The second kappa shape index (κ2) is 5.79. The summed E-state index contributed by atoms with van der Waals surface area (Å²) in [5.74, 6) is 0. The molecule has 0 aliphatic heterocycles. The summed E-state index contributed by atoms with van der Waals surface area (Å²) in [6.45, 7) is 4.24. The highest BCUT2D eigenvalue weighted by Gasteiger charge is 1.98. The van der Waals surface area contributed by atoms with Crippen molar-refractivity contribution in [2.45, 2.75) is 18.9 Å². The van der Waals surface area contributed by atoms with Gasteiger partial charge in [0.05, 0.1) is 6.10 Å². The molecule has 0 aromatic rings. The normalized spacial score (nSPS) is 13.1. The van der Waals surface area contributed by atoms with E-state index in [1.165, 1.54) is 0 Å². The molecule has 0 rings (SSSR count). The number of aliphatic hydroxyl groups is 1. The SMILES string of the molecule is C=CCCC(O)CNC.